The van der Waals surface area contributed by atoms with Crippen LogP contribution in [0.1, 0.15) is 31.2 Å². The van der Waals surface area contributed by atoms with E-state index in [2.05, 4.69) is 17.2 Å². The molecule has 1 aromatic carbocycles. The average Bonchev–Trinajstić information content (AvgIpc) is 3.07. The van der Waals surface area contributed by atoms with Gasteiger partial charge in [-0.25, -0.2) is 0 Å². The summed E-state index contributed by atoms with van der Waals surface area (Å²) in [4.78, 5) is 12.3. The summed E-state index contributed by atoms with van der Waals surface area (Å²) in [6.45, 7) is 0.0349. The van der Waals surface area contributed by atoms with Crippen LogP contribution < -0.4 is 5.32 Å². The highest BCUT2D eigenvalue weighted by Crippen LogP contribution is 2.54. The van der Waals surface area contributed by atoms with Gasteiger partial charge in [-0.15, -0.1) is 0 Å². The van der Waals surface area contributed by atoms with Crippen molar-refractivity contribution in [1.82, 2.24) is 0 Å². The number of carbonyl (C=O) groups excluding carboxylic acids is 1. The number of halogens is 1. The lowest BCUT2D eigenvalue weighted by Crippen LogP contribution is -2.22. The summed E-state index contributed by atoms with van der Waals surface area (Å²) in [5.41, 5.74) is 1.41. The quantitative estimate of drug-likeness (QED) is 0.843. The van der Waals surface area contributed by atoms with Crippen LogP contribution in [0.4, 0.5) is 5.69 Å². The van der Waals surface area contributed by atoms with E-state index in [0.29, 0.717) is 17.1 Å². The monoisotopic (exact) mass is 303 g/mol. The third-order valence-corrected chi connectivity index (χ3v) is 4.55. The second-order valence-electron chi connectivity index (χ2n) is 5.88. The van der Waals surface area contributed by atoms with Crippen molar-refractivity contribution < 1.29 is 9.90 Å². The lowest BCUT2D eigenvalue weighted by Gasteiger charge is -2.13. The van der Waals surface area contributed by atoms with E-state index in [-0.39, 0.29) is 18.4 Å². The van der Waals surface area contributed by atoms with Gasteiger partial charge in [-0.1, -0.05) is 23.4 Å². The smallest absolute Gasteiger partial charge is 0.227 e. The first kappa shape index (κ1) is 14.4. The molecule has 21 heavy (non-hydrogen) atoms. The third-order valence-electron chi connectivity index (χ3n) is 4.31. The fourth-order valence-electron chi connectivity index (χ4n) is 3.11. The lowest BCUT2D eigenvalue weighted by atomic mass is 10.0. The van der Waals surface area contributed by atoms with Gasteiger partial charge in [0.2, 0.25) is 5.91 Å². The molecule has 0 saturated heterocycles. The van der Waals surface area contributed by atoms with E-state index >= 15 is 0 Å². The second kappa shape index (κ2) is 6.09. The first-order valence-corrected chi connectivity index (χ1v) is 7.75. The largest absolute Gasteiger partial charge is 0.395 e. The second-order valence-corrected chi connectivity index (χ2v) is 6.32. The summed E-state index contributed by atoms with van der Waals surface area (Å²) >= 11 is 6.01. The maximum absolute atomic E-state index is 12.3. The van der Waals surface area contributed by atoms with Crippen LogP contribution >= 0.6 is 11.6 Å². The predicted octanol–water partition coefficient (Wildman–Crippen LogP) is 3.06. The summed E-state index contributed by atoms with van der Waals surface area (Å²) in [7, 11) is 0. The van der Waals surface area contributed by atoms with Crippen LogP contribution in [0.5, 0.6) is 0 Å². The molecule has 0 bridgehead atoms. The van der Waals surface area contributed by atoms with Crippen LogP contribution in [0.15, 0.2) is 18.2 Å². The average molecular weight is 304 g/mol. The maximum Gasteiger partial charge on any atom is 0.227 e. The third kappa shape index (κ3) is 3.40. The van der Waals surface area contributed by atoms with Crippen LogP contribution in [0.2, 0.25) is 5.02 Å². The Balaban J connectivity index is 1.72. The number of fused-ring (bicyclic) bond motifs is 1. The number of aliphatic hydroxyl groups is 1. The van der Waals surface area contributed by atoms with E-state index < -0.39 is 0 Å². The van der Waals surface area contributed by atoms with Gasteiger partial charge < -0.3 is 10.4 Å². The highest BCUT2D eigenvalue weighted by molar-refractivity contribution is 6.31. The molecule has 2 N–H and O–H groups in total. The van der Waals surface area contributed by atoms with Gasteiger partial charge in [0, 0.05) is 22.9 Å². The molecule has 1 amide bonds. The predicted molar refractivity (Wildman–Crippen MR) is 83.0 cm³/mol. The van der Waals surface area contributed by atoms with Gasteiger partial charge in [-0.2, -0.15) is 0 Å². The first-order valence-electron chi connectivity index (χ1n) is 7.37. The molecule has 3 rings (SSSR count). The zero-order chi connectivity index (χ0) is 14.8. The van der Waals surface area contributed by atoms with Crippen molar-refractivity contribution in [3.05, 3.63) is 28.8 Å². The molecule has 110 valence electrons. The van der Waals surface area contributed by atoms with Gasteiger partial charge in [0.15, 0.2) is 0 Å². The number of aliphatic hydroxyl groups excluding tert-OH is 1. The number of hydrogen-bond donors (Lipinski definition) is 2. The van der Waals surface area contributed by atoms with Crippen LogP contribution in [0.25, 0.3) is 0 Å². The normalized spacial score (nSPS) is 25.7. The number of hydrogen-bond acceptors (Lipinski definition) is 2. The molecule has 0 aliphatic heterocycles. The highest BCUT2D eigenvalue weighted by Gasteiger charge is 2.48. The Morgan fingerprint density at radius 1 is 1.33 bits per heavy atom. The van der Waals surface area contributed by atoms with E-state index in [9.17, 15) is 4.79 Å². The molecule has 2 saturated carbocycles. The van der Waals surface area contributed by atoms with Crippen LogP contribution in [0, 0.1) is 29.6 Å². The molecule has 0 heterocycles. The van der Waals surface area contributed by atoms with Crippen molar-refractivity contribution in [1.29, 1.82) is 0 Å². The number of anilines is 1. The van der Waals surface area contributed by atoms with E-state index in [1.54, 1.807) is 18.2 Å². The number of carbonyl (C=O) groups is 1. The zero-order valence-electron chi connectivity index (χ0n) is 11.7. The maximum atomic E-state index is 12.3. The summed E-state index contributed by atoms with van der Waals surface area (Å²) in [5.74, 6) is 7.62. The first-order chi connectivity index (χ1) is 10.2. The summed E-state index contributed by atoms with van der Waals surface area (Å²) in [5, 5.41) is 12.3. The van der Waals surface area contributed by atoms with Gasteiger partial charge in [0.1, 0.15) is 0 Å². The van der Waals surface area contributed by atoms with Gasteiger partial charge >= 0.3 is 0 Å². The number of rotatable bonds is 3. The Labute approximate surface area is 129 Å². The van der Waals surface area contributed by atoms with Crippen LogP contribution in [-0.2, 0) is 4.79 Å². The number of nitrogens with one attached hydrogen (secondary N) is 1. The summed E-state index contributed by atoms with van der Waals surface area (Å²) in [6, 6.07) is 5.29. The van der Waals surface area contributed by atoms with Gasteiger partial charge in [-0.05, 0) is 49.3 Å². The molecule has 2 aliphatic rings. The van der Waals surface area contributed by atoms with Crippen molar-refractivity contribution in [3.63, 3.8) is 0 Å². The van der Waals surface area contributed by atoms with Crippen LogP contribution in [0.3, 0.4) is 0 Å². The lowest BCUT2D eigenvalue weighted by molar-refractivity contribution is -0.120. The van der Waals surface area contributed by atoms with Crippen LogP contribution in [-0.4, -0.2) is 17.6 Å². The molecule has 0 radical (unpaired) electrons. The Hall–Kier alpha value is -1.50. The topological polar surface area (TPSA) is 49.3 Å². The molecule has 2 atom stereocenters. The minimum atomic E-state index is 0.0349. The molecule has 0 spiro atoms. The Kier molecular flexibility index (Phi) is 4.19. The molecular formula is C17H18ClNO2. The van der Waals surface area contributed by atoms with Crippen molar-refractivity contribution in [2.75, 3.05) is 11.9 Å². The highest BCUT2D eigenvalue weighted by atomic mass is 35.5. The molecule has 2 unspecified atom stereocenters. The zero-order valence-corrected chi connectivity index (χ0v) is 12.5. The summed E-state index contributed by atoms with van der Waals surface area (Å²) < 4.78 is 0. The van der Waals surface area contributed by atoms with E-state index in [1.807, 2.05) is 0 Å². The number of amides is 1. The standard InChI is InChI=1S/C17H18ClNO2/c18-15-5-4-11(3-1-2-6-20)16(10-15)19-17(21)14-8-12-7-13(12)9-14/h4-5,10,12-14,20H,2,6-9H2,(H,19,21). The molecule has 3 nitrogen and oxygen atoms in total. The van der Waals surface area contributed by atoms with Crippen molar-refractivity contribution in [2.45, 2.75) is 25.7 Å². The minimum absolute atomic E-state index is 0.0349. The molecule has 0 aromatic heterocycles. The molecular weight excluding hydrogens is 286 g/mol. The Bertz CT molecular complexity index is 607. The van der Waals surface area contributed by atoms with Crippen molar-refractivity contribution in [3.8, 4) is 11.8 Å². The van der Waals surface area contributed by atoms with Gasteiger partial charge in [-0.3, -0.25) is 4.79 Å². The summed E-state index contributed by atoms with van der Waals surface area (Å²) in [6.07, 6.45) is 3.76. The van der Waals surface area contributed by atoms with E-state index in [4.69, 9.17) is 16.7 Å². The SMILES string of the molecule is O=C(Nc1cc(Cl)ccc1C#CCCO)C1CC2CC2C1. The van der Waals surface area contributed by atoms with Crippen molar-refractivity contribution >= 4 is 23.2 Å². The Morgan fingerprint density at radius 2 is 2.10 bits per heavy atom. The van der Waals surface area contributed by atoms with Gasteiger partial charge in [0.25, 0.3) is 0 Å². The fraction of sp³-hybridized carbons (Fsp3) is 0.471. The minimum Gasteiger partial charge on any atom is -0.395 e. The van der Waals surface area contributed by atoms with E-state index in [0.717, 1.165) is 30.2 Å². The molecule has 4 heteroatoms. The fourth-order valence-corrected chi connectivity index (χ4v) is 3.28. The van der Waals surface area contributed by atoms with Gasteiger partial charge in [0.05, 0.1) is 12.3 Å². The molecule has 2 aliphatic carbocycles. The Morgan fingerprint density at radius 3 is 2.81 bits per heavy atom. The van der Waals surface area contributed by atoms with Crippen molar-refractivity contribution in [2.24, 2.45) is 17.8 Å². The number of benzene rings is 1. The van der Waals surface area contributed by atoms with E-state index in [1.165, 1.54) is 6.42 Å². The molecule has 2 fully saturated rings. The molecule has 1 aromatic rings.